The third-order valence-electron chi connectivity index (χ3n) is 4.28. The zero-order chi connectivity index (χ0) is 16.1. The second-order valence-corrected chi connectivity index (χ2v) is 5.73. The molecule has 0 unspecified atom stereocenters. The summed E-state index contributed by atoms with van der Waals surface area (Å²) >= 11 is 0. The van der Waals surface area contributed by atoms with Crippen LogP contribution in [-0.2, 0) is 11.3 Å². The third-order valence-corrected chi connectivity index (χ3v) is 4.28. The van der Waals surface area contributed by atoms with Gasteiger partial charge >= 0.3 is 0 Å². The number of likely N-dealkylation sites (N-methyl/N-ethyl adjacent to an activating group) is 1. The Morgan fingerprint density at radius 2 is 1.86 bits per heavy atom. The Labute approximate surface area is 130 Å². The molecule has 6 nitrogen and oxygen atoms in total. The van der Waals surface area contributed by atoms with Crippen molar-refractivity contribution in [2.45, 2.75) is 25.4 Å². The van der Waals surface area contributed by atoms with Gasteiger partial charge in [0.1, 0.15) is 6.61 Å². The van der Waals surface area contributed by atoms with Crippen LogP contribution in [0.2, 0.25) is 0 Å². The van der Waals surface area contributed by atoms with Crippen molar-refractivity contribution in [1.29, 1.82) is 0 Å². The van der Waals surface area contributed by atoms with Crippen LogP contribution in [0.1, 0.15) is 28.8 Å². The number of likely N-dealkylation sites (tertiary alicyclic amines) is 1. The summed E-state index contributed by atoms with van der Waals surface area (Å²) in [5.74, 6) is -0.635. The smallest absolute Gasteiger partial charge is 0.248 e. The fourth-order valence-electron chi connectivity index (χ4n) is 2.81. The van der Waals surface area contributed by atoms with E-state index in [0.29, 0.717) is 5.56 Å². The summed E-state index contributed by atoms with van der Waals surface area (Å²) < 4.78 is 0. The Hall–Kier alpha value is -1.92. The van der Waals surface area contributed by atoms with Crippen molar-refractivity contribution in [2.75, 3.05) is 26.7 Å². The summed E-state index contributed by atoms with van der Waals surface area (Å²) in [6, 6.07) is 7.55. The molecule has 0 aromatic heterocycles. The zero-order valence-electron chi connectivity index (χ0n) is 12.9. The van der Waals surface area contributed by atoms with E-state index in [9.17, 15) is 9.59 Å². The van der Waals surface area contributed by atoms with Gasteiger partial charge in [-0.15, -0.1) is 0 Å². The molecular weight excluding hydrogens is 282 g/mol. The number of hydrogen-bond acceptors (Lipinski definition) is 4. The molecule has 3 N–H and O–H groups in total. The number of nitrogens with zero attached hydrogens (tertiary/aromatic N) is 2. The van der Waals surface area contributed by atoms with E-state index in [2.05, 4.69) is 4.90 Å². The Morgan fingerprint density at radius 1 is 1.27 bits per heavy atom. The first-order valence-electron chi connectivity index (χ1n) is 7.49. The standard InChI is InChI=1S/C16H23N3O3/c1-18(15(21)11-20)14-6-8-19(9-7-14)10-12-2-4-13(5-3-12)16(17)22/h2-5,14,20H,6-11H2,1H3,(H2,17,22). The molecule has 0 spiro atoms. The molecule has 1 saturated heterocycles. The van der Waals surface area contributed by atoms with Crippen LogP contribution >= 0.6 is 0 Å². The number of carbonyl (C=O) groups is 2. The van der Waals surface area contributed by atoms with Gasteiger partial charge in [0.05, 0.1) is 0 Å². The number of hydrogen-bond donors (Lipinski definition) is 2. The number of primary amides is 1. The van der Waals surface area contributed by atoms with E-state index in [1.54, 1.807) is 24.1 Å². The summed E-state index contributed by atoms with van der Waals surface area (Å²) in [5, 5.41) is 8.91. The minimum Gasteiger partial charge on any atom is -0.387 e. The minimum atomic E-state index is -0.428. The number of aliphatic hydroxyl groups is 1. The van der Waals surface area contributed by atoms with E-state index in [1.165, 1.54) is 0 Å². The lowest BCUT2D eigenvalue weighted by atomic mass is 10.0. The fourth-order valence-corrected chi connectivity index (χ4v) is 2.81. The van der Waals surface area contributed by atoms with E-state index in [4.69, 9.17) is 10.8 Å². The van der Waals surface area contributed by atoms with Crippen LogP contribution in [0, 0.1) is 0 Å². The van der Waals surface area contributed by atoms with E-state index in [-0.39, 0.29) is 11.9 Å². The van der Waals surface area contributed by atoms with Gasteiger partial charge in [-0.25, -0.2) is 0 Å². The summed E-state index contributed by atoms with van der Waals surface area (Å²) in [5.41, 5.74) is 6.89. The molecule has 2 rings (SSSR count). The molecule has 1 aliphatic rings. The average molecular weight is 305 g/mol. The van der Waals surface area contributed by atoms with Gasteiger partial charge in [0, 0.05) is 38.3 Å². The largest absolute Gasteiger partial charge is 0.387 e. The number of nitrogens with two attached hydrogens (primary N) is 1. The normalized spacial score (nSPS) is 16.5. The molecule has 0 atom stereocenters. The predicted octanol–water partition coefficient (Wildman–Crippen LogP) is 0.201. The highest BCUT2D eigenvalue weighted by atomic mass is 16.3. The van der Waals surface area contributed by atoms with Crippen molar-refractivity contribution >= 4 is 11.8 Å². The molecule has 1 aromatic rings. The lowest BCUT2D eigenvalue weighted by Crippen LogP contribution is -2.46. The van der Waals surface area contributed by atoms with Crippen LogP contribution in [0.3, 0.4) is 0 Å². The Morgan fingerprint density at radius 3 is 2.36 bits per heavy atom. The van der Waals surface area contributed by atoms with Gasteiger partial charge in [-0.2, -0.15) is 0 Å². The highest BCUT2D eigenvalue weighted by Crippen LogP contribution is 2.18. The zero-order valence-corrected chi connectivity index (χ0v) is 12.9. The highest BCUT2D eigenvalue weighted by Gasteiger charge is 2.24. The first kappa shape index (κ1) is 16.5. The van der Waals surface area contributed by atoms with Crippen molar-refractivity contribution in [2.24, 2.45) is 5.73 Å². The first-order chi connectivity index (χ1) is 10.5. The van der Waals surface area contributed by atoms with Crippen LogP contribution in [0.25, 0.3) is 0 Å². The number of amides is 2. The predicted molar refractivity (Wildman–Crippen MR) is 83.1 cm³/mol. The number of aliphatic hydroxyl groups excluding tert-OH is 1. The van der Waals surface area contributed by atoms with Gasteiger partial charge in [-0.05, 0) is 30.5 Å². The van der Waals surface area contributed by atoms with Crippen molar-refractivity contribution in [3.8, 4) is 0 Å². The molecule has 0 radical (unpaired) electrons. The highest BCUT2D eigenvalue weighted by molar-refractivity contribution is 5.92. The quantitative estimate of drug-likeness (QED) is 0.813. The molecule has 0 aliphatic carbocycles. The van der Waals surface area contributed by atoms with Gasteiger partial charge in [-0.3, -0.25) is 14.5 Å². The Bertz CT molecular complexity index is 522. The van der Waals surface area contributed by atoms with Crippen LogP contribution in [0.4, 0.5) is 0 Å². The van der Waals surface area contributed by atoms with Crippen molar-refractivity contribution in [1.82, 2.24) is 9.80 Å². The van der Waals surface area contributed by atoms with Gasteiger partial charge < -0.3 is 15.7 Å². The molecule has 2 amide bonds. The number of piperidine rings is 1. The van der Waals surface area contributed by atoms with Crippen LogP contribution < -0.4 is 5.73 Å². The fraction of sp³-hybridized carbons (Fsp3) is 0.500. The molecule has 6 heteroatoms. The lowest BCUT2D eigenvalue weighted by molar-refractivity contribution is -0.135. The summed E-state index contributed by atoms with van der Waals surface area (Å²) in [6.07, 6.45) is 1.81. The second-order valence-electron chi connectivity index (χ2n) is 5.73. The van der Waals surface area contributed by atoms with Gasteiger partial charge in [0.2, 0.25) is 11.8 Å². The maximum atomic E-state index is 11.5. The lowest BCUT2D eigenvalue weighted by Gasteiger charge is -2.36. The number of carbonyl (C=O) groups excluding carboxylic acids is 2. The Kier molecular flexibility index (Phi) is 5.51. The molecule has 1 heterocycles. The number of rotatable bonds is 5. The summed E-state index contributed by atoms with van der Waals surface area (Å²) in [7, 11) is 1.75. The van der Waals surface area contributed by atoms with Gasteiger partial charge in [0.25, 0.3) is 0 Å². The maximum absolute atomic E-state index is 11.5. The average Bonchev–Trinajstić information content (AvgIpc) is 2.54. The van der Waals surface area contributed by atoms with Crippen LogP contribution in [-0.4, -0.2) is 59.5 Å². The summed E-state index contributed by atoms with van der Waals surface area (Å²) in [4.78, 5) is 26.5. The Balaban J connectivity index is 1.84. The van der Waals surface area contributed by atoms with Gasteiger partial charge in [-0.1, -0.05) is 12.1 Å². The molecule has 22 heavy (non-hydrogen) atoms. The van der Waals surface area contributed by atoms with Gasteiger partial charge in [0.15, 0.2) is 0 Å². The molecule has 1 aliphatic heterocycles. The van der Waals surface area contributed by atoms with Crippen LogP contribution in [0.5, 0.6) is 0 Å². The maximum Gasteiger partial charge on any atom is 0.248 e. The molecular formula is C16H23N3O3. The van der Waals surface area contributed by atoms with E-state index in [0.717, 1.165) is 38.0 Å². The molecule has 0 bridgehead atoms. The van der Waals surface area contributed by atoms with Crippen molar-refractivity contribution < 1.29 is 14.7 Å². The number of benzene rings is 1. The SMILES string of the molecule is CN(C(=O)CO)C1CCN(Cc2ccc(C(N)=O)cc2)CC1. The topological polar surface area (TPSA) is 86.9 Å². The van der Waals surface area contributed by atoms with Crippen molar-refractivity contribution in [3.63, 3.8) is 0 Å². The second kappa shape index (κ2) is 7.38. The molecule has 1 fully saturated rings. The minimum absolute atomic E-state index is 0.202. The van der Waals surface area contributed by atoms with Crippen LogP contribution in [0.15, 0.2) is 24.3 Å². The monoisotopic (exact) mass is 305 g/mol. The summed E-state index contributed by atoms with van der Waals surface area (Å²) in [6.45, 7) is 2.21. The third kappa shape index (κ3) is 4.05. The molecule has 0 saturated carbocycles. The van der Waals surface area contributed by atoms with E-state index >= 15 is 0 Å². The molecule has 120 valence electrons. The van der Waals surface area contributed by atoms with E-state index < -0.39 is 12.5 Å². The van der Waals surface area contributed by atoms with Crippen molar-refractivity contribution in [3.05, 3.63) is 35.4 Å². The first-order valence-corrected chi connectivity index (χ1v) is 7.49. The molecule has 1 aromatic carbocycles. The van der Waals surface area contributed by atoms with E-state index in [1.807, 2.05) is 12.1 Å².